The van der Waals surface area contributed by atoms with Crippen molar-refractivity contribution in [2.24, 2.45) is 0 Å². The first-order chi connectivity index (χ1) is 16.4. The zero-order chi connectivity index (χ0) is 23.7. The molecule has 2 heterocycles. The van der Waals surface area contributed by atoms with Crippen LogP contribution in [0.25, 0.3) is 0 Å². The van der Waals surface area contributed by atoms with Crippen LogP contribution in [0.2, 0.25) is 5.02 Å². The molecule has 1 saturated heterocycles. The first-order valence-corrected chi connectivity index (χ1v) is 13.7. The Kier molecular flexibility index (Phi) is 6.56. The Morgan fingerprint density at radius 1 is 0.676 bits per heavy atom. The van der Waals surface area contributed by atoms with Crippen molar-refractivity contribution in [3.8, 4) is 0 Å². The van der Waals surface area contributed by atoms with Gasteiger partial charge in [0.15, 0.2) is 0 Å². The minimum absolute atomic E-state index is 0.347. The first kappa shape index (κ1) is 23.2. The van der Waals surface area contributed by atoms with Crippen LogP contribution in [0.15, 0.2) is 76.5 Å². The molecular weight excluding hydrogens is 466 g/mol. The van der Waals surface area contributed by atoms with Crippen LogP contribution in [0, 0.1) is 0 Å². The quantitative estimate of drug-likeness (QED) is 0.532. The summed E-state index contributed by atoms with van der Waals surface area (Å²) in [6.45, 7) is 5.49. The van der Waals surface area contributed by atoms with E-state index in [9.17, 15) is 8.42 Å². The summed E-state index contributed by atoms with van der Waals surface area (Å²) in [6.07, 6.45) is 1.85. The van der Waals surface area contributed by atoms with Gasteiger partial charge in [0.2, 0.25) is 9.84 Å². The predicted molar refractivity (Wildman–Crippen MR) is 139 cm³/mol. The van der Waals surface area contributed by atoms with Crippen molar-refractivity contribution in [2.45, 2.75) is 22.6 Å². The molecule has 0 unspecified atom stereocenters. The van der Waals surface area contributed by atoms with Crippen LogP contribution in [0.1, 0.15) is 11.1 Å². The van der Waals surface area contributed by atoms with Gasteiger partial charge in [-0.25, -0.2) is 8.42 Å². The van der Waals surface area contributed by atoms with E-state index in [0.717, 1.165) is 74.1 Å². The second-order valence-corrected chi connectivity index (χ2v) is 11.6. The molecule has 5 rings (SSSR count). The average molecular weight is 496 g/mol. The number of benzene rings is 3. The zero-order valence-corrected chi connectivity index (χ0v) is 21.0. The maximum Gasteiger partial charge on any atom is 0.206 e. The summed E-state index contributed by atoms with van der Waals surface area (Å²) < 4.78 is 26.7. The lowest BCUT2D eigenvalue weighted by Crippen LogP contribution is -2.46. The van der Waals surface area contributed by atoms with Gasteiger partial charge in [0, 0.05) is 55.7 Å². The van der Waals surface area contributed by atoms with Gasteiger partial charge < -0.3 is 14.7 Å². The van der Waals surface area contributed by atoms with Crippen molar-refractivity contribution in [3.05, 3.63) is 82.9 Å². The minimum atomic E-state index is -3.55. The van der Waals surface area contributed by atoms with E-state index in [1.54, 1.807) is 18.2 Å². The monoisotopic (exact) mass is 495 g/mol. The summed E-state index contributed by atoms with van der Waals surface area (Å²) in [5.41, 5.74) is 4.60. The highest BCUT2D eigenvalue weighted by Gasteiger charge is 2.22. The van der Waals surface area contributed by atoms with Crippen LogP contribution >= 0.6 is 11.6 Å². The highest BCUT2D eigenvalue weighted by Crippen LogP contribution is 2.28. The number of likely N-dealkylation sites (N-methyl/N-ethyl adjacent to an activating group) is 1. The third-order valence-electron chi connectivity index (χ3n) is 6.98. The largest absolute Gasteiger partial charge is 0.368 e. The van der Waals surface area contributed by atoms with Crippen molar-refractivity contribution in [3.63, 3.8) is 0 Å². The van der Waals surface area contributed by atoms with E-state index in [4.69, 9.17) is 11.6 Å². The third-order valence-corrected chi connectivity index (χ3v) is 8.98. The summed E-state index contributed by atoms with van der Waals surface area (Å²) in [4.78, 5) is 7.66. The van der Waals surface area contributed by atoms with E-state index in [2.05, 4.69) is 27.8 Å². The van der Waals surface area contributed by atoms with Gasteiger partial charge in [0.1, 0.15) is 0 Å². The summed E-state index contributed by atoms with van der Waals surface area (Å²) >= 11 is 6.14. The molecule has 0 aliphatic carbocycles. The molecule has 3 aromatic rings. The van der Waals surface area contributed by atoms with Gasteiger partial charge in [-0.15, -0.1) is 0 Å². The first-order valence-electron chi connectivity index (χ1n) is 11.8. The molecule has 3 aromatic carbocycles. The number of sulfone groups is 1. The summed E-state index contributed by atoms with van der Waals surface area (Å²) in [5.74, 6) is 0. The lowest BCUT2D eigenvalue weighted by Gasteiger charge is -2.37. The van der Waals surface area contributed by atoms with Crippen molar-refractivity contribution >= 4 is 32.8 Å². The van der Waals surface area contributed by atoms with E-state index >= 15 is 0 Å². The van der Waals surface area contributed by atoms with Crippen LogP contribution in [0.3, 0.4) is 0 Å². The van der Waals surface area contributed by atoms with Crippen LogP contribution in [0.4, 0.5) is 11.4 Å². The molecule has 5 nitrogen and oxygen atoms in total. The topological polar surface area (TPSA) is 43.9 Å². The Hall–Kier alpha value is -2.54. The fourth-order valence-electron chi connectivity index (χ4n) is 4.85. The van der Waals surface area contributed by atoms with Gasteiger partial charge in [-0.05, 0) is 85.6 Å². The molecule has 1 fully saturated rings. The molecule has 7 heteroatoms. The molecule has 34 heavy (non-hydrogen) atoms. The number of rotatable bonds is 4. The van der Waals surface area contributed by atoms with Crippen molar-refractivity contribution in [1.29, 1.82) is 0 Å². The Labute approximate surface area is 207 Å². The predicted octanol–water partition coefficient (Wildman–Crippen LogP) is 4.53. The molecular formula is C27H30ClN3O2S. The van der Waals surface area contributed by atoms with Crippen LogP contribution in [-0.2, 0) is 22.7 Å². The van der Waals surface area contributed by atoms with Gasteiger partial charge in [-0.3, -0.25) is 0 Å². The lowest BCUT2D eigenvalue weighted by atomic mass is 10.0. The number of hydrogen-bond donors (Lipinski definition) is 0. The van der Waals surface area contributed by atoms with Gasteiger partial charge in [-0.2, -0.15) is 0 Å². The highest BCUT2D eigenvalue weighted by atomic mass is 35.5. The van der Waals surface area contributed by atoms with Crippen LogP contribution in [0.5, 0.6) is 0 Å². The molecule has 2 aliphatic rings. The van der Waals surface area contributed by atoms with Crippen molar-refractivity contribution in [1.82, 2.24) is 4.90 Å². The standard InChI is InChI=1S/C27H30ClN3O2S/c1-29-13-11-21-5-8-27(19-22(21)12-14-29)34(32,33)26-9-6-24(7-10-26)30-15-17-31(18-16-30)25-4-2-3-23(28)20-25/h2-10,19-20H,11-18H2,1H3. The maximum atomic E-state index is 13.3. The number of hydrogen-bond acceptors (Lipinski definition) is 5. The number of anilines is 2. The Morgan fingerprint density at radius 2 is 1.29 bits per heavy atom. The second-order valence-electron chi connectivity index (χ2n) is 9.19. The molecule has 0 saturated carbocycles. The van der Waals surface area contributed by atoms with Gasteiger partial charge >= 0.3 is 0 Å². The van der Waals surface area contributed by atoms with Crippen molar-refractivity contribution in [2.75, 3.05) is 56.1 Å². The molecule has 0 bridgehead atoms. The van der Waals surface area contributed by atoms with Crippen LogP contribution in [-0.4, -0.2) is 59.6 Å². The lowest BCUT2D eigenvalue weighted by molar-refractivity contribution is 0.352. The molecule has 178 valence electrons. The molecule has 0 aromatic heterocycles. The molecule has 0 amide bonds. The fraction of sp³-hybridized carbons (Fsp3) is 0.333. The maximum absolute atomic E-state index is 13.3. The Balaban J connectivity index is 1.29. The number of nitrogens with zero attached hydrogens (tertiary/aromatic N) is 3. The summed E-state index contributed by atoms with van der Waals surface area (Å²) in [7, 11) is -1.43. The smallest absolute Gasteiger partial charge is 0.206 e. The Morgan fingerprint density at radius 3 is 1.97 bits per heavy atom. The highest BCUT2D eigenvalue weighted by molar-refractivity contribution is 7.91. The molecule has 0 atom stereocenters. The third kappa shape index (κ3) is 4.81. The van der Waals surface area contributed by atoms with E-state index in [-0.39, 0.29) is 0 Å². The summed E-state index contributed by atoms with van der Waals surface area (Å²) in [6, 6.07) is 20.9. The zero-order valence-electron chi connectivity index (χ0n) is 19.5. The van der Waals surface area contributed by atoms with Gasteiger partial charge in [0.05, 0.1) is 9.79 Å². The number of piperazine rings is 1. The second kappa shape index (κ2) is 9.61. The summed E-state index contributed by atoms with van der Waals surface area (Å²) in [5, 5.41) is 0.749. The van der Waals surface area contributed by atoms with Gasteiger partial charge in [0.25, 0.3) is 0 Å². The average Bonchev–Trinajstić information content (AvgIpc) is 3.05. The van der Waals surface area contributed by atoms with E-state index in [1.807, 2.05) is 42.5 Å². The number of halogens is 1. The van der Waals surface area contributed by atoms with Crippen molar-refractivity contribution < 1.29 is 8.42 Å². The molecule has 2 aliphatic heterocycles. The van der Waals surface area contributed by atoms with Crippen LogP contribution < -0.4 is 9.80 Å². The van der Waals surface area contributed by atoms with Gasteiger partial charge in [-0.1, -0.05) is 23.7 Å². The SMILES string of the molecule is CN1CCc2ccc(S(=O)(=O)c3ccc(N4CCN(c5cccc(Cl)c5)CC4)cc3)cc2CC1. The molecule has 0 radical (unpaired) electrons. The molecule has 0 spiro atoms. The molecule has 0 N–H and O–H groups in total. The van der Waals surface area contributed by atoms with E-state index in [1.165, 1.54) is 5.56 Å². The number of fused-ring (bicyclic) bond motifs is 1. The van der Waals surface area contributed by atoms with E-state index < -0.39 is 9.84 Å². The fourth-order valence-corrected chi connectivity index (χ4v) is 6.34. The Bertz CT molecular complexity index is 1270. The normalized spacial score (nSPS) is 17.4. The van der Waals surface area contributed by atoms with E-state index in [0.29, 0.717) is 9.79 Å². The minimum Gasteiger partial charge on any atom is -0.368 e.